The zero-order chi connectivity index (χ0) is 24.9. The van der Waals surface area contributed by atoms with Crippen LogP contribution in [0.15, 0.2) is 42.5 Å². The number of urea groups is 1. The summed E-state index contributed by atoms with van der Waals surface area (Å²) in [6.07, 6.45) is 0.599. The second kappa shape index (κ2) is 8.33. The molecular weight excluding hydrogens is 448 g/mol. The molecule has 2 aliphatic heterocycles. The van der Waals surface area contributed by atoms with Crippen LogP contribution in [0.1, 0.15) is 30.7 Å². The van der Waals surface area contributed by atoms with Crippen molar-refractivity contribution < 1.29 is 23.9 Å². The minimum Gasteiger partial charge on any atom is -0.497 e. The summed E-state index contributed by atoms with van der Waals surface area (Å²) in [5.74, 6) is 0.598. The number of nitrogens with zero attached hydrogens (tertiary/aromatic N) is 2. The van der Waals surface area contributed by atoms with Gasteiger partial charge in [-0.3, -0.25) is 9.59 Å². The highest BCUT2D eigenvalue weighted by Crippen LogP contribution is 2.45. The molecule has 35 heavy (non-hydrogen) atoms. The van der Waals surface area contributed by atoms with Crippen LogP contribution in [-0.2, 0) is 28.1 Å². The van der Waals surface area contributed by atoms with E-state index in [0.29, 0.717) is 24.4 Å². The third-order valence-corrected chi connectivity index (χ3v) is 7.17. The predicted molar refractivity (Wildman–Crippen MR) is 129 cm³/mol. The number of methoxy groups -OCH3 is 2. The van der Waals surface area contributed by atoms with Gasteiger partial charge in [0.2, 0.25) is 5.91 Å². The number of benzene rings is 2. The first-order valence-corrected chi connectivity index (χ1v) is 11.5. The quantitative estimate of drug-likeness (QED) is 0.533. The number of aromatic nitrogens is 1. The Morgan fingerprint density at radius 3 is 2.63 bits per heavy atom. The fourth-order valence-electron chi connectivity index (χ4n) is 5.15. The first kappa shape index (κ1) is 22.8. The number of H-pyrrole nitrogens is 1. The van der Waals surface area contributed by atoms with Crippen molar-refractivity contribution in [1.29, 1.82) is 0 Å². The highest BCUT2D eigenvalue weighted by atomic mass is 16.5. The van der Waals surface area contributed by atoms with Gasteiger partial charge in [-0.25, -0.2) is 9.69 Å². The van der Waals surface area contributed by atoms with E-state index in [0.717, 1.165) is 32.7 Å². The lowest BCUT2D eigenvalue weighted by Gasteiger charge is -2.36. The Labute approximate surface area is 203 Å². The molecule has 0 spiro atoms. The van der Waals surface area contributed by atoms with Crippen molar-refractivity contribution in [2.75, 3.05) is 20.8 Å². The van der Waals surface area contributed by atoms with Crippen molar-refractivity contribution in [2.24, 2.45) is 0 Å². The van der Waals surface area contributed by atoms with E-state index in [-0.39, 0.29) is 6.54 Å². The standard InChI is InChI=1S/C26H28N4O5/c1-15(23(31)27-14-16-6-5-7-17(12-16)34-3)30-24(32)26(2)22-19(10-11-29(26)25(30)33)20-13-18(35-4)8-9-21(20)28-22/h5-9,12-13,15,28H,10-11,14H2,1-4H3,(H,27,31)/t15-,26+/m1/s1. The number of carbonyl (C=O) groups excluding carboxylic acids is 3. The van der Waals surface area contributed by atoms with Gasteiger partial charge in [-0.2, -0.15) is 0 Å². The summed E-state index contributed by atoms with van der Waals surface area (Å²) in [4.78, 5) is 46.2. The second-order valence-corrected chi connectivity index (χ2v) is 9.07. The minimum atomic E-state index is -1.21. The van der Waals surface area contributed by atoms with Gasteiger partial charge in [-0.1, -0.05) is 12.1 Å². The molecule has 2 aliphatic rings. The van der Waals surface area contributed by atoms with Gasteiger partial charge >= 0.3 is 6.03 Å². The molecule has 2 N–H and O–H groups in total. The molecule has 1 aromatic heterocycles. The molecule has 3 aromatic rings. The number of amides is 4. The molecule has 1 fully saturated rings. The largest absolute Gasteiger partial charge is 0.497 e. The van der Waals surface area contributed by atoms with E-state index in [4.69, 9.17) is 9.47 Å². The van der Waals surface area contributed by atoms with Gasteiger partial charge in [-0.05, 0) is 61.7 Å². The topological polar surface area (TPSA) is 104 Å². The molecule has 0 bridgehead atoms. The van der Waals surface area contributed by atoms with Gasteiger partial charge < -0.3 is 24.7 Å². The number of ether oxygens (including phenoxy) is 2. The monoisotopic (exact) mass is 476 g/mol. The lowest BCUT2D eigenvalue weighted by atomic mass is 9.87. The lowest BCUT2D eigenvalue weighted by molar-refractivity contribution is -0.139. The van der Waals surface area contributed by atoms with Crippen LogP contribution in [0.3, 0.4) is 0 Å². The Balaban J connectivity index is 1.41. The van der Waals surface area contributed by atoms with E-state index in [1.165, 1.54) is 0 Å². The SMILES string of the molecule is COc1cccc(CNC(=O)[C@@H](C)N2C(=O)N3CCc4c([nH]c5ccc(OC)cc45)[C@@]3(C)C2=O)c1. The van der Waals surface area contributed by atoms with E-state index < -0.39 is 29.4 Å². The summed E-state index contributed by atoms with van der Waals surface area (Å²) >= 11 is 0. The zero-order valence-corrected chi connectivity index (χ0v) is 20.2. The van der Waals surface area contributed by atoms with E-state index in [1.54, 1.807) is 33.0 Å². The third-order valence-electron chi connectivity index (χ3n) is 7.17. The number of fused-ring (bicyclic) bond motifs is 5. The molecule has 4 amide bonds. The molecule has 182 valence electrons. The molecule has 2 aromatic carbocycles. The van der Waals surface area contributed by atoms with Gasteiger partial charge in [0.05, 0.1) is 19.9 Å². The number of carbonyl (C=O) groups is 3. The van der Waals surface area contributed by atoms with Crippen molar-refractivity contribution in [3.63, 3.8) is 0 Å². The number of hydrogen-bond donors (Lipinski definition) is 2. The van der Waals surface area contributed by atoms with Crippen LogP contribution in [0.2, 0.25) is 0 Å². The average Bonchev–Trinajstić information content (AvgIpc) is 3.34. The Bertz CT molecular complexity index is 1350. The van der Waals surface area contributed by atoms with Crippen LogP contribution in [-0.4, -0.2) is 59.4 Å². The van der Waals surface area contributed by atoms with Crippen LogP contribution in [0.25, 0.3) is 10.9 Å². The molecule has 1 saturated heterocycles. The van der Waals surface area contributed by atoms with Gasteiger partial charge in [0.1, 0.15) is 17.5 Å². The second-order valence-electron chi connectivity index (χ2n) is 9.07. The Kier molecular flexibility index (Phi) is 5.42. The predicted octanol–water partition coefficient (Wildman–Crippen LogP) is 2.93. The van der Waals surface area contributed by atoms with Crippen LogP contribution < -0.4 is 14.8 Å². The van der Waals surface area contributed by atoms with Gasteiger partial charge in [0.25, 0.3) is 5.91 Å². The summed E-state index contributed by atoms with van der Waals surface area (Å²) in [7, 11) is 3.19. The van der Waals surface area contributed by atoms with Crippen LogP contribution in [0.5, 0.6) is 11.5 Å². The number of nitrogens with one attached hydrogen (secondary N) is 2. The Hall–Kier alpha value is -4.01. The highest BCUT2D eigenvalue weighted by Gasteiger charge is 2.60. The number of imide groups is 1. The fraction of sp³-hybridized carbons (Fsp3) is 0.346. The van der Waals surface area contributed by atoms with Crippen LogP contribution in [0, 0.1) is 0 Å². The number of hydrogen-bond acceptors (Lipinski definition) is 5. The maximum absolute atomic E-state index is 13.8. The van der Waals surface area contributed by atoms with Crippen molar-refractivity contribution in [3.05, 3.63) is 59.3 Å². The van der Waals surface area contributed by atoms with E-state index in [2.05, 4.69) is 10.3 Å². The van der Waals surface area contributed by atoms with Crippen LogP contribution in [0.4, 0.5) is 4.79 Å². The number of aromatic amines is 1. The summed E-state index contributed by atoms with van der Waals surface area (Å²) in [6.45, 7) is 3.96. The molecule has 0 saturated carbocycles. The highest BCUT2D eigenvalue weighted by molar-refractivity contribution is 6.11. The number of rotatable bonds is 6. The molecule has 9 heteroatoms. The smallest absolute Gasteiger partial charge is 0.328 e. The molecular formula is C26H28N4O5. The molecule has 0 unspecified atom stereocenters. The normalized spacial score (nSPS) is 20.0. The van der Waals surface area contributed by atoms with Crippen molar-refractivity contribution in [3.8, 4) is 11.5 Å². The Morgan fingerprint density at radius 1 is 1.14 bits per heavy atom. The molecule has 0 aliphatic carbocycles. The Morgan fingerprint density at radius 2 is 1.89 bits per heavy atom. The molecule has 5 rings (SSSR count). The average molecular weight is 477 g/mol. The molecule has 0 radical (unpaired) electrons. The lowest BCUT2D eigenvalue weighted by Crippen LogP contribution is -2.49. The molecule has 9 nitrogen and oxygen atoms in total. The fourth-order valence-corrected chi connectivity index (χ4v) is 5.15. The van der Waals surface area contributed by atoms with Crippen LogP contribution >= 0.6 is 0 Å². The summed E-state index contributed by atoms with van der Waals surface area (Å²) in [5.41, 5.74) is 2.21. The van der Waals surface area contributed by atoms with Crippen molar-refractivity contribution in [2.45, 2.75) is 38.4 Å². The summed E-state index contributed by atoms with van der Waals surface area (Å²) in [5, 5.41) is 3.81. The van der Waals surface area contributed by atoms with E-state index >= 15 is 0 Å². The molecule has 2 atom stereocenters. The zero-order valence-electron chi connectivity index (χ0n) is 20.2. The van der Waals surface area contributed by atoms with E-state index in [9.17, 15) is 14.4 Å². The first-order valence-electron chi connectivity index (χ1n) is 11.5. The maximum atomic E-state index is 13.8. The summed E-state index contributed by atoms with van der Waals surface area (Å²) < 4.78 is 10.6. The minimum absolute atomic E-state index is 0.256. The van der Waals surface area contributed by atoms with Gasteiger partial charge in [-0.15, -0.1) is 0 Å². The first-order chi connectivity index (χ1) is 16.8. The third kappa shape index (κ3) is 3.41. The van der Waals surface area contributed by atoms with Gasteiger partial charge in [0, 0.05) is 24.0 Å². The van der Waals surface area contributed by atoms with Gasteiger partial charge in [0.15, 0.2) is 5.54 Å². The summed E-state index contributed by atoms with van der Waals surface area (Å²) in [6, 6.07) is 11.6. The van der Waals surface area contributed by atoms with Crippen molar-refractivity contribution >= 4 is 28.7 Å². The van der Waals surface area contributed by atoms with E-state index in [1.807, 2.05) is 42.5 Å². The maximum Gasteiger partial charge on any atom is 0.328 e. The van der Waals surface area contributed by atoms with Crippen molar-refractivity contribution in [1.82, 2.24) is 20.1 Å². The molecule has 3 heterocycles.